The average Bonchev–Trinajstić information content (AvgIpc) is 3.09. The summed E-state index contributed by atoms with van der Waals surface area (Å²) in [5.41, 5.74) is 0.271. The van der Waals surface area contributed by atoms with E-state index in [0.717, 1.165) is 18.9 Å². The molecule has 0 aromatic heterocycles. The van der Waals surface area contributed by atoms with Crippen LogP contribution in [-0.2, 0) is 0 Å². The van der Waals surface area contributed by atoms with Gasteiger partial charge in [0, 0.05) is 6.54 Å². The molecule has 5 heteroatoms. The maximum absolute atomic E-state index is 12.8. The van der Waals surface area contributed by atoms with Crippen LogP contribution in [0.3, 0.4) is 0 Å². The van der Waals surface area contributed by atoms with Gasteiger partial charge in [0.05, 0.1) is 16.0 Å². The molecule has 1 saturated carbocycles. The van der Waals surface area contributed by atoms with Gasteiger partial charge in [0.25, 0.3) is 5.91 Å². The molecule has 92 valence electrons. The molecule has 1 fully saturated rings. The lowest BCUT2D eigenvalue weighted by Crippen LogP contribution is -2.30. The molecule has 0 radical (unpaired) electrons. The first-order valence-electron chi connectivity index (χ1n) is 5.45. The fourth-order valence-electron chi connectivity index (χ4n) is 1.58. The fourth-order valence-corrected chi connectivity index (χ4v) is 2.17. The van der Waals surface area contributed by atoms with E-state index in [0.29, 0.717) is 12.5 Å². The van der Waals surface area contributed by atoms with Crippen LogP contribution in [0.2, 0.25) is 5.02 Å². The number of nitrogens with one attached hydrogen (secondary N) is 1. The Hall–Kier alpha value is -0.800. The number of carbonyl (C=O) groups is 1. The molecule has 0 bridgehead atoms. The van der Waals surface area contributed by atoms with E-state index in [9.17, 15) is 9.18 Å². The van der Waals surface area contributed by atoms with Crippen LogP contribution in [0.1, 0.15) is 23.2 Å². The summed E-state index contributed by atoms with van der Waals surface area (Å²) in [7, 11) is 0. The van der Waals surface area contributed by atoms with Gasteiger partial charge in [-0.05, 0) is 37.0 Å². The fraction of sp³-hybridized carbons (Fsp3) is 0.417. The number of amides is 1. The van der Waals surface area contributed by atoms with Gasteiger partial charge in [-0.2, -0.15) is 0 Å². The van der Waals surface area contributed by atoms with Gasteiger partial charge in [-0.25, -0.2) is 4.39 Å². The van der Waals surface area contributed by atoms with Gasteiger partial charge < -0.3 is 5.32 Å². The summed E-state index contributed by atoms with van der Waals surface area (Å²) in [6.45, 7) is 0.415. The molecule has 1 aromatic rings. The third-order valence-electron chi connectivity index (χ3n) is 2.77. The summed E-state index contributed by atoms with van der Waals surface area (Å²) in [5, 5.41) is 2.78. The van der Waals surface area contributed by atoms with E-state index in [-0.39, 0.29) is 21.9 Å². The van der Waals surface area contributed by atoms with Gasteiger partial charge in [0.2, 0.25) is 0 Å². The van der Waals surface area contributed by atoms with E-state index < -0.39 is 5.82 Å². The molecule has 2 nitrogen and oxygen atoms in total. The molecule has 1 unspecified atom stereocenters. The van der Waals surface area contributed by atoms with Crippen LogP contribution < -0.4 is 5.32 Å². The van der Waals surface area contributed by atoms with E-state index >= 15 is 0 Å². The van der Waals surface area contributed by atoms with E-state index in [1.54, 1.807) is 0 Å². The summed E-state index contributed by atoms with van der Waals surface area (Å²) in [4.78, 5) is 11.7. The molecule has 0 spiro atoms. The molecule has 1 aliphatic carbocycles. The molecular weight excluding hydrogens is 264 g/mol. The summed E-state index contributed by atoms with van der Waals surface area (Å²) in [6.07, 6.45) is 2.25. The van der Waals surface area contributed by atoms with Crippen molar-refractivity contribution in [2.75, 3.05) is 6.54 Å². The summed E-state index contributed by atoms with van der Waals surface area (Å²) in [5.74, 6) is -0.262. The predicted molar refractivity (Wildman–Crippen MR) is 66.1 cm³/mol. The van der Waals surface area contributed by atoms with Gasteiger partial charge in [0.1, 0.15) is 5.82 Å². The minimum Gasteiger partial charge on any atom is -0.350 e. The van der Waals surface area contributed by atoms with Crippen molar-refractivity contribution in [1.82, 2.24) is 5.32 Å². The molecule has 17 heavy (non-hydrogen) atoms. The number of carbonyl (C=O) groups excluding carboxylic acids is 1. The first-order valence-corrected chi connectivity index (χ1v) is 6.26. The standard InChI is InChI=1S/C12H12Cl2FNO/c13-10-5-8(15)3-4-9(10)12(17)16-6-11(14)7-1-2-7/h3-5,7,11H,1-2,6H2,(H,16,17). The molecule has 1 aromatic carbocycles. The van der Waals surface area contributed by atoms with Gasteiger partial charge >= 0.3 is 0 Å². The maximum atomic E-state index is 12.8. The number of halogens is 3. The average molecular weight is 276 g/mol. The van der Waals surface area contributed by atoms with Crippen LogP contribution in [0.25, 0.3) is 0 Å². The zero-order chi connectivity index (χ0) is 12.4. The Balaban J connectivity index is 1.94. The second-order valence-corrected chi connectivity index (χ2v) is 5.16. The number of rotatable bonds is 4. The number of hydrogen-bond acceptors (Lipinski definition) is 1. The third-order valence-corrected chi connectivity index (χ3v) is 3.59. The van der Waals surface area contributed by atoms with Crippen LogP contribution >= 0.6 is 23.2 Å². The van der Waals surface area contributed by atoms with Gasteiger partial charge in [0.15, 0.2) is 0 Å². The van der Waals surface area contributed by atoms with E-state index in [1.807, 2.05) is 0 Å². The van der Waals surface area contributed by atoms with Crippen molar-refractivity contribution in [2.24, 2.45) is 5.92 Å². The lowest BCUT2D eigenvalue weighted by molar-refractivity contribution is 0.0953. The van der Waals surface area contributed by atoms with Crippen LogP contribution in [0.5, 0.6) is 0 Å². The number of alkyl halides is 1. The highest BCUT2D eigenvalue weighted by Gasteiger charge is 2.29. The summed E-state index contributed by atoms with van der Waals surface area (Å²) < 4.78 is 12.8. The van der Waals surface area contributed by atoms with Crippen LogP contribution in [0.4, 0.5) is 4.39 Å². The van der Waals surface area contributed by atoms with Crippen molar-refractivity contribution in [3.63, 3.8) is 0 Å². The van der Waals surface area contributed by atoms with Crippen molar-refractivity contribution < 1.29 is 9.18 Å². The molecule has 0 saturated heterocycles. The van der Waals surface area contributed by atoms with Crippen LogP contribution in [0.15, 0.2) is 18.2 Å². The second-order valence-electron chi connectivity index (χ2n) is 4.19. The van der Waals surface area contributed by atoms with Gasteiger partial charge in [-0.15, -0.1) is 11.6 Å². The molecular formula is C12H12Cl2FNO. The van der Waals surface area contributed by atoms with E-state index in [2.05, 4.69) is 5.32 Å². The lowest BCUT2D eigenvalue weighted by Gasteiger charge is -2.10. The largest absolute Gasteiger partial charge is 0.350 e. The minimum absolute atomic E-state index is 0.0295. The monoisotopic (exact) mass is 275 g/mol. The smallest absolute Gasteiger partial charge is 0.252 e. The summed E-state index contributed by atoms with van der Waals surface area (Å²) in [6, 6.07) is 3.70. The predicted octanol–water partition coefficient (Wildman–Crippen LogP) is 3.23. The zero-order valence-electron chi connectivity index (χ0n) is 9.05. The first-order chi connectivity index (χ1) is 8.08. The Labute approximate surface area is 109 Å². The Morgan fingerprint density at radius 1 is 1.53 bits per heavy atom. The Kier molecular flexibility index (Phi) is 3.89. The highest BCUT2D eigenvalue weighted by molar-refractivity contribution is 6.33. The van der Waals surface area contributed by atoms with Crippen LogP contribution in [-0.4, -0.2) is 17.8 Å². The molecule has 0 aliphatic heterocycles. The molecule has 1 N–H and O–H groups in total. The highest BCUT2D eigenvalue weighted by Crippen LogP contribution is 2.35. The summed E-state index contributed by atoms with van der Waals surface area (Å²) >= 11 is 11.8. The normalized spacial score (nSPS) is 16.6. The number of hydrogen-bond donors (Lipinski definition) is 1. The molecule has 1 aliphatic rings. The van der Waals surface area contributed by atoms with E-state index in [4.69, 9.17) is 23.2 Å². The lowest BCUT2D eigenvalue weighted by atomic mass is 10.2. The van der Waals surface area contributed by atoms with Crippen molar-refractivity contribution in [3.05, 3.63) is 34.6 Å². The number of benzene rings is 1. The Bertz CT molecular complexity index is 435. The minimum atomic E-state index is -0.459. The first kappa shape index (κ1) is 12.7. The van der Waals surface area contributed by atoms with Crippen LogP contribution in [0, 0.1) is 11.7 Å². The third kappa shape index (κ3) is 3.33. The van der Waals surface area contributed by atoms with Gasteiger partial charge in [-0.1, -0.05) is 11.6 Å². The second kappa shape index (κ2) is 5.23. The quantitative estimate of drug-likeness (QED) is 0.840. The van der Waals surface area contributed by atoms with Crippen molar-refractivity contribution in [1.29, 1.82) is 0 Å². The van der Waals surface area contributed by atoms with Crippen molar-refractivity contribution >= 4 is 29.1 Å². The molecule has 0 heterocycles. The Morgan fingerprint density at radius 3 is 2.82 bits per heavy atom. The molecule has 1 amide bonds. The zero-order valence-corrected chi connectivity index (χ0v) is 10.6. The SMILES string of the molecule is O=C(NCC(Cl)C1CC1)c1ccc(F)cc1Cl. The topological polar surface area (TPSA) is 29.1 Å². The molecule has 1 atom stereocenters. The van der Waals surface area contributed by atoms with Gasteiger partial charge in [-0.3, -0.25) is 4.79 Å². The van der Waals surface area contributed by atoms with Crippen molar-refractivity contribution in [2.45, 2.75) is 18.2 Å². The maximum Gasteiger partial charge on any atom is 0.252 e. The Morgan fingerprint density at radius 2 is 2.24 bits per heavy atom. The molecule has 2 rings (SSSR count). The highest BCUT2D eigenvalue weighted by atomic mass is 35.5. The van der Waals surface area contributed by atoms with E-state index in [1.165, 1.54) is 12.1 Å². The van der Waals surface area contributed by atoms with Crippen molar-refractivity contribution in [3.8, 4) is 0 Å².